The Morgan fingerprint density at radius 3 is 2.18 bits per heavy atom. The Labute approximate surface area is 98.7 Å². The van der Waals surface area contributed by atoms with Gasteiger partial charge in [-0.25, -0.2) is 4.79 Å². The molecule has 1 aliphatic heterocycles. The maximum Gasteiger partial charge on any atom is 0.505 e. The summed E-state index contributed by atoms with van der Waals surface area (Å²) in [5.41, 5.74) is -1.35. The van der Waals surface area contributed by atoms with Gasteiger partial charge in [0.1, 0.15) is 5.60 Å². The first-order valence-corrected chi connectivity index (χ1v) is 5.37. The van der Waals surface area contributed by atoms with Crippen molar-refractivity contribution in [1.29, 1.82) is 0 Å². The van der Waals surface area contributed by atoms with Crippen LogP contribution < -0.4 is 0 Å². The molecule has 1 fully saturated rings. The molecule has 0 atom stereocenters. The van der Waals surface area contributed by atoms with E-state index in [4.69, 9.17) is 4.74 Å². The highest BCUT2D eigenvalue weighted by Crippen LogP contribution is 2.32. The molecule has 17 heavy (non-hydrogen) atoms. The SMILES string of the molecule is C=C(C1CN(C(=O)OC(C)(C)C)C1)[B-](F)(F)F. The maximum atomic E-state index is 12.3. The summed E-state index contributed by atoms with van der Waals surface area (Å²) >= 11 is 0. The molecule has 1 saturated heterocycles. The van der Waals surface area contributed by atoms with Crippen molar-refractivity contribution in [2.75, 3.05) is 13.1 Å². The van der Waals surface area contributed by atoms with Crippen LogP contribution in [0.25, 0.3) is 0 Å². The Balaban J connectivity index is 2.42. The van der Waals surface area contributed by atoms with E-state index in [1.807, 2.05) is 0 Å². The van der Waals surface area contributed by atoms with Gasteiger partial charge in [0.15, 0.2) is 0 Å². The topological polar surface area (TPSA) is 29.5 Å². The van der Waals surface area contributed by atoms with Crippen LogP contribution in [0.4, 0.5) is 17.7 Å². The summed E-state index contributed by atoms with van der Waals surface area (Å²) in [6, 6.07) is 0. The predicted octanol–water partition coefficient (Wildman–Crippen LogP) is 2.80. The first-order valence-electron chi connectivity index (χ1n) is 5.37. The number of carbonyl (C=O) groups is 1. The number of rotatable bonds is 2. The highest BCUT2D eigenvalue weighted by Gasteiger charge is 2.40. The number of hydrogen-bond donors (Lipinski definition) is 0. The fourth-order valence-corrected chi connectivity index (χ4v) is 1.46. The number of nitrogens with zero attached hydrogens (tertiary/aromatic N) is 1. The van der Waals surface area contributed by atoms with Crippen LogP contribution in [-0.4, -0.2) is 36.7 Å². The molecule has 0 N–H and O–H groups in total. The minimum atomic E-state index is -5.01. The minimum Gasteiger partial charge on any atom is -0.445 e. The van der Waals surface area contributed by atoms with E-state index < -0.39 is 30.1 Å². The largest absolute Gasteiger partial charge is 0.505 e. The lowest BCUT2D eigenvalue weighted by Crippen LogP contribution is -2.54. The van der Waals surface area contributed by atoms with Crippen LogP contribution in [0, 0.1) is 5.92 Å². The molecule has 0 radical (unpaired) electrons. The molecule has 0 saturated carbocycles. The quantitative estimate of drug-likeness (QED) is 0.705. The minimum absolute atomic E-state index is 0.0367. The molecule has 0 aromatic carbocycles. The second kappa shape index (κ2) is 4.27. The van der Waals surface area contributed by atoms with Crippen LogP contribution in [0.2, 0.25) is 0 Å². The lowest BCUT2D eigenvalue weighted by Gasteiger charge is -2.43. The first-order chi connectivity index (χ1) is 7.50. The molecule has 0 unspecified atom stereocenters. The molecule has 98 valence electrons. The molecule has 7 heteroatoms. The lowest BCUT2D eigenvalue weighted by molar-refractivity contribution is 0.00391. The summed E-state index contributed by atoms with van der Waals surface area (Å²) in [5.74, 6) is -0.678. The van der Waals surface area contributed by atoms with Gasteiger partial charge in [-0.15, -0.1) is 12.1 Å². The van der Waals surface area contributed by atoms with Crippen molar-refractivity contribution in [1.82, 2.24) is 4.90 Å². The zero-order chi connectivity index (χ0) is 13.4. The molecule has 1 aliphatic rings. The zero-order valence-corrected chi connectivity index (χ0v) is 10.2. The summed E-state index contributed by atoms with van der Waals surface area (Å²) < 4.78 is 42.1. The number of hydrogen-bond acceptors (Lipinski definition) is 2. The third kappa shape index (κ3) is 3.68. The van der Waals surface area contributed by atoms with E-state index >= 15 is 0 Å². The van der Waals surface area contributed by atoms with Gasteiger partial charge in [0.05, 0.1) is 0 Å². The molecule has 1 amide bonds. The third-order valence-corrected chi connectivity index (χ3v) is 2.48. The normalized spacial score (nSPS) is 17.6. The van der Waals surface area contributed by atoms with Gasteiger partial charge >= 0.3 is 13.1 Å². The maximum absolute atomic E-state index is 12.3. The predicted molar refractivity (Wildman–Crippen MR) is 59.5 cm³/mol. The van der Waals surface area contributed by atoms with Crippen LogP contribution in [0.1, 0.15) is 20.8 Å². The van der Waals surface area contributed by atoms with E-state index in [0.717, 1.165) is 0 Å². The van der Waals surface area contributed by atoms with Crippen molar-refractivity contribution in [2.24, 2.45) is 5.92 Å². The highest BCUT2D eigenvalue weighted by molar-refractivity contribution is 6.66. The molecular formula is C10H16BF3NO2-. The van der Waals surface area contributed by atoms with E-state index in [0.29, 0.717) is 0 Å². The Hall–Kier alpha value is -1.14. The second-order valence-corrected chi connectivity index (χ2v) is 5.23. The molecule has 1 heterocycles. The molecular weight excluding hydrogens is 234 g/mol. The van der Waals surface area contributed by atoms with Gasteiger partial charge in [-0.2, -0.15) is 0 Å². The van der Waals surface area contributed by atoms with E-state index in [1.54, 1.807) is 20.8 Å². The molecule has 3 nitrogen and oxygen atoms in total. The van der Waals surface area contributed by atoms with Gasteiger partial charge in [-0.1, -0.05) is 0 Å². The Morgan fingerprint density at radius 2 is 1.82 bits per heavy atom. The molecule has 1 rings (SSSR count). The van der Waals surface area contributed by atoms with Crippen LogP contribution in [-0.2, 0) is 4.74 Å². The molecule has 0 aliphatic carbocycles. The number of amides is 1. The lowest BCUT2D eigenvalue weighted by atomic mass is 9.70. The van der Waals surface area contributed by atoms with Crippen LogP contribution in [0.5, 0.6) is 0 Å². The van der Waals surface area contributed by atoms with Crippen molar-refractivity contribution >= 4 is 13.1 Å². The van der Waals surface area contributed by atoms with Gasteiger partial charge in [0.2, 0.25) is 0 Å². The van der Waals surface area contributed by atoms with Gasteiger partial charge in [-0.05, 0) is 26.7 Å². The Kier molecular flexibility index (Phi) is 3.50. The summed E-state index contributed by atoms with van der Waals surface area (Å²) in [6.07, 6.45) is -0.573. The average molecular weight is 250 g/mol. The fourth-order valence-electron chi connectivity index (χ4n) is 1.46. The van der Waals surface area contributed by atoms with E-state index in [9.17, 15) is 17.7 Å². The summed E-state index contributed by atoms with van der Waals surface area (Å²) in [6.45, 7) is 3.23. The van der Waals surface area contributed by atoms with E-state index in [1.165, 1.54) is 4.90 Å². The van der Waals surface area contributed by atoms with Gasteiger partial charge in [0, 0.05) is 13.1 Å². The van der Waals surface area contributed by atoms with Gasteiger partial charge in [-0.3, -0.25) is 0 Å². The summed E-state index contributed by atoms with van der Waals surface area (Å²) in [5, 5.41) is 0. The van der Waals surface area contributed by atoms with Crippen LogP contribution in [0.3, 0.4) is 0 Å². The number of halogens is 3. The Morgan fingerprint density at radius 1 is 1.35 bits per heavy atom. The van der Waals surface area contributed by atoms with Crippen molar-refractivity contribution < 1.29 is 22.5 Å². The fraction of sp³-hybridized carbons (Fsp3) is 0.700. The monoisotopic (exact) mass is 250 g/mol. The number of likely N-dealkylation sites (tertiary alicyclic amines) is 1. The highest BCUT2D eigenvalue weighted by atomic mass is 19.4. The summed E-state index contributed by atoms with van der Waals surface area (Å²) in [4.78, 5) is 12.7. The number of carbonyl (C=O) groups excluding carboxylic acids is 1. The summed E-state index contributed by atoms with van der Waals surface area (Å²) in [7, 11) is 0. The molecule has 0 aromatic heterocycles. The third-order valence-electron chi connectivity index (χ3n) is 2.48. The van der Waals surface area contributed by atoms with Gasteiger partial charge < -0.3 is 22.6 Å². The average Bonchev–Trinajstić information content (AvgIpc) is 1.94. The van der Waals surface area contributed by atoms with Crippen molar-refractivity contribution in [2.45, 2.75) is 26.4 Å². The van der Waals surface area contributed by atoms with Crippen molar-refractivity contribution in [3.63, 3.8) is 0 Å². The molecule has 0 spiro atoms. The second-order valence-electron chi connectivity index (χ2n) is 5.23. The van der Waals surface area contributed by atoms with Crippen LogP contribution in [0.15, 0.2) is 12.1 Å². The Bertz CT molecular complexity index is 329. The van der Waals surface area contributed by atoms with Crippen LogP contribution >= 0.6 is 0 Å². The van der Waals surface area contributed by atoms with E-state index in [2.05, 4.69) is 6.58 Å². The first kappa shape index (κ1) is 13.9. The molecule has 0 aromatic rings. The number of ether oxygens (including phenoxy) is 1. The smallest absolute Gasteiger partial charge is 0.445 e. The van der Waals surface area contributed by atoms with E-state index in [-0.39, 0.29) is 13.1 Å². The molecule has 0 bridgehead atoms. The van der Waals surface area contributed by atoms with Gasteiger partial charge in [0.25, 0.3) is 0 Å². The van der Waals surface area contributed by atoms with Crippen molar-refractivity contribution in [3.05, 3.63) is 12.1 Å². The van der Waals surface area contributed by atoms with Crippen molar-refractivity contribution in [3.8, 4) is 0 Å². The zero-order valence-electron chi connectivity index (χ0n) is 10.2. The standard InChI is InChI=1S/C10H16BF3NO2/c1-7(11(12,13)14)8-5-15(6-8)9(16)17-10(2,3)4/h8H,1,5-6H2,2-4H3/q-1.